The first-order valence-corrected chi connectivity index (χ1v) is 6.82. The summed E-state index contributed by atoms with van der Waals surface area (Å²) in [6.07, 6.45) is 3.87. The highest BCUT2D eigenvalue weighted by Gasteiger charge is 2.18. The first-order valence-electron chi connectivity index (χ1n) is 6.39. The molecule has 0 radical (unpaired) electrons. The second-order valence-electron chi connectivity index (χ2n) is 4.85. The van der Waals surface area contributed by atoms with E-state index in [9.17, 15) is 0 Å². The van der Waals surface area contributed by atoms with E-state index in [1.54, 1.807) is 0 Å². The maximum absolute atomic E-state index is 6.18. The summed E-state index contributed by atoms with van der Waals surface area (Å²) in [7, 11) is 0. The molecule has 0 aliphatic carbocycles. The summed E-state index contributed by atoms with van der Waals surface area (Å²) in [4.78, 5) is 0. The minimum atomic E-state index is 0.0338. The van der Waals surface area contributed by atoms with Crippen LogP contribution in [0.15, 0.2) is 0 Å². The van der Waals surface area contributed by atoms with Gasteiger partial charge in [0.15, 0.2) is 0 Å². The Morgan fingerprint density at radius 1 is 1.53 bits per heavy atom. The van der Waals surface area contributed by atoms with Crippen molar-refractivity contribution in [1.82, 2.24) is 9.78 Å². The summed E-state index contributed by atoms with van der Waals surface area (Å²) in [6, 6.07) is 0. The van der Waals surface area contributed by atoms with Crippen LogP contribution in [0.4, 0.5) is 0 Å². The molecular weight excluding hydrogens is 236 g/mol. The number of aromatic nitrogens is 2. The van der Waals surface area contributed by atoms with Crippen LogP contribution in [0, 0.1) is 13.8 Å². The molecule has 1 aliphatic heterocycles. The van der Waals surface area contributed by atoms with E-state index in [0.717, 1.165) is 25.3 Å². The molecule has 0 aromatic carbocycles. The molecule has 3 nitrogen and oxygen atoms in total. The molecule has 0 saturated carbocycles. The van der Waals surface area contributed by atoms with Crippen molar-refractivity contribution in [1.29, 1.82) is 0 Å². The van der Waals surface area contributed by atoms with Gasteiger partial charge in [-0.25, -0.2) is 0 Å². The molecule has 1 aromatic rings. The molecule has 0 bridgehead atoms. The number of hydrogen-bond donors (Lipinski definition) is 0. The summed E-state index contributed by atoms with van der Waals surface area (Å²) >= 11 is 6.18. The third-order valence-corrected chi connectivity index (χ3v) is 3.74. The lowest BCUT2D eigenvalue weighted by Gasteiger charge is -2.10. The highest BCUT2D eigenvalue weighted by Crippen LogP contribution is 2.26. The fourth-order valence-corrected chi connectivity index (χ4v) is 2.96. The number of nitrogens with zero attached hydrogens (tertiary/aromatic N) is 2. The van der Waals surface area contributed by atoms with Gasteiger partial charge in [0.25, 0.3) is 0 Å². The lowest BCUT2D eigenvalue weighted by atomic mass is 10.1. The molecule has 4 heteroatoms. The van der Waals surface area contributed by atoms with Crippen molar-refractivity contribution >= 4 is 11.6 Å². The average Bonchev–Trinajstić information content (AvgIpc) is 2.84. The van der Waals surface area contributed by atoms with Crippen LogP contribution in [-0.4, -0.2) is 22.5 Å². The zero-order chi connectivity index (χ0) is 12.4. The number of ether oxygens (including phenoxy) is 1. The van der Waals surface area contributed by atoms with Crippen molar-refractivity contribution in [2.24, 2.45) is 0 Å². The number of rotatable bonds is 4. The van der Waals surface area contributed by atoms with E-state index < -0.39 is 0 Å². The standard InChI is InChI=1S/C13H21ClN2O/c1-9(14)13-10(2)15-16(11(13)3)7-6-12-5-4-8-17-12/h9,12H,4-8H2,1-3H3. The van der Waals surface area contributed by atoms with E-state index in [4.69, 9.17) is 16.3 Å². The van der Waals surface area contributed by atoms with Crippen LogP contribution in [-0.2, 0) is 11.3 Å². The quantitative estimate of drug-likeness (QED) is 0.773. The Kier molecular flexibility index (Phi) is 4.10. The summed E-state index contributed by atoms with van der Waals surface area (Å²) in [5.74, 6) is 0. The van der Waals surface area contributed by atoms with Gasteiger partial charge in [-0.3, -0.25) is 4.68 Å². The molecule has 2 heterocycles. The zero-order valence-corrected chi connectivity index (χ0v) is 11.6. The Hall–Kier alpha value is -0.540. The highest BCUT2D eigenvalue weighted by atomic mass is 35.5. The second-order valence-corrected chi connectivity index (χ2v) is 5.50. The summed E-state index contributed by atoms with van der Waals surface area (Å²) in [6.45, 7) is 7.99. The fourth-order valence-electron chi connectivity index (χ4n) is 2.64. The topological polar surface area (TPSA) is 27.1 Å². The lowest BCUT2D eigenvalue weighted by Crippen LogP contribution is -2.12. The second kappa shape index (κ2) is 5.40. The number of halogens is 1. The van der Waals surface area contributed by atoms with Gasteiger partial charge >= 0.3 is 0 Å². The Morgan fingerprint density at radius 3 is 2.82 bits per heavy atom. The molecular formula is C13H21ClN2O. The van der Waals surface area contributed by atoms with Gasteiger partial charge in [0.05, 0.1) is 17.2 Å². The predicted molar refractivity (Wildman–Crippen MR) is 69.6 cm³/mol. The van der Waals surface area contributed by atoms with Gasteiger partial charge in [-0.05, 0) is 40.0 Å². The lowest BCUT2D eigenvalue weighted by molar-refractivity contribution is 0.0992. The number of hydrogen-bond acceptors (Lipinski definition) is 2. The van der Waals surface area contributed by atoms with Crippen molar-refractivity contribution in [3.63, 3.8) is 0 Å². The first kappa shape index (κ1) is 12.9. The van der Waals surface area contributed by atoms with E-state index in [-0.39, 0.29) is 5.38 Å². The van der Waals surface area contributed by atoms with E-state index in [2.05, 4.69) is 16.7 Å². The van der Waals surface area contributed by atoms with Gasteiger partial charge in [0.1, 0.15) is 0 Å². The monoisotopic (exact) mass is 256 g/mol. The Labute approximate surface area is 108 Å². The van der Waals surface area contributed by atoms with Gasteiger partial charge in [-0.15, -0.1) is 11.6 Å². The van der Waals surface area contributed by atoms with Crippen LogP contribution < -0.4 is 0 Å². The van der Waals surface area contributed by atoms with Gasteiger partial charge in [0, 0.05) is 24.4 Å². The highest BCUT2D eigenvalue weighted by molar-refractivity contribution is 6.20. The average molecular weight is 257 g/mol. The normalized spacial score (nSPS) is 22.0. The van der Waals surface area contributed by atoms with Gasteiger partial charge in [0.2, 0.25) is 0 Å². The minimum Gasteiger partial charge on any atom is -0.378 e. The summed E-state index contributed by atoms with van der Waals surface area (Å²) in [5.41, 5.74) is 3.43. The van der Waals surface area contributed by atoms with E-state index in [1.165, 1.54) is 24.1 Å². The third-order valence-electron chi connectivity index (χ3n) is 3.52. The molecule has 2 unspecified atom stereocenters. The van der Waals surface area contributed by atoms with Crippen LogP contribution in [0.2, 0.25) is 0 Å². The minimum absolute atomic E-state index is 0.0338. The van der Waals surface area contributed by atoms with Gasteiger partial charge in [-0.1, -0.05) is 0 Å². The molecule has 1 aromatic heterocycles. The van der Waals surface area contributed by atoms with Crippen molar-refractivity contribution in [2.45, 2.75) is 58.1 Å². The third kappa shape index (κ3) is 2.83. The number of alkyl halides is 1. The molecule has 96 valence electrons. The first-order chi connectivity index (χ1) is 8.09. The molecule has 17 heavy (non-hydrogen) atoms. The molecule has 0 amide bonds. The van der Waals surface area contributed by atoms with Crippen LogP contribution in [0.1, 0.15) is 48.5 Å². The van der Waals surface area contributed by atoms with E-state index >= 15 is 0 Å². The van der Waals surface area contributed by atoms with E-state index in [1.807, 2.05) is 13.8 Å². The van der Waals surface area contributed by atoms with Crippen molar-refractivity contribution in [3.05, 3.63) is 17.0 Å². The maximum atomic E-state index is 6.18. The number of aryl methyl sites for hydroxylation is 2. The Bertz CT molecular complexity index is 381. The summed E-state index contributed by atoms with van der Waals surface area (Å²) < 4.78 is 7.71. The maximum Gasteiger partial charge on any atom is 0.0643 e. The van der Waals surface area contributed by atoms with Crippen molar-refractivity contribution in [3.8, 4) is 0 Å². The molecule has 1 saturated heterocycles. The van der Waals surface area contributed by atoms with Crippen molar-refractivity contribution in [2.75, 3.05) is 6.61 Å². The van der Waals surface area contributed by atoms with Crippen molar-refractivity contribution < 1.29 is 4.74 Å². The smallest absolute Gasteiger partial charge is 0.0643 e. The summed E-state index contributed by atoms with van der Waals surface area (Å²) in [5, 5.41) is 4.60. The van der Waals surface area contributed by atoms with Gasteiger partial charge < -0.3 is 4.74 Å². The van der Waals surface area contributed by atoms with Crippen LogP contribution in [0.3, 0.4) is 0 Å². The van der Waals surface area contributed by atoms with Crippen LogP contribution >= 0.6 is 11.6 Å². The molecule has 1 fully saturated rings. The molecule has 0 N–H and O–H groups in total. The largest absolute Gasteiger partial charge is 0.378 e. The molecule has 1 aliphatic rings. The predicted octanol–water partition coefficient (Wildman–Crippen LogP) is 3.37. The van der Waals surface area contributed by atoms with Crippen LogP contribution in [0.25, 0.3) is 0 Å². The van der Waals surface area contributed by atoms with Crippen LogP contribution in [0.5, 0.6) is 0 Å². The van der Waals surface area contributed by atoms with E-state index in [0.29, 0.717) is 6.10 Å². The Balaban J connectivity index is 2.03. The SMILES string of the molecule is Cc1nn(CCC2CCCO2)c(C)c1C(C)Cl. The Morgan fingerprint density at radius 2 is 2.29 bits per heavy atom. The fraction of sp³-hybridized carbons (Fsp3) is 0.769. The zero-order valence-electron chi connectivity index (χ0n) is 10.9. The molecule has 2 rings (SSSR count). The molecule has 2 atom stereocenters. The molecule has 0 spiro atoms. The van der Waals surface area contributed by atoms with Gasteiger partial charge in [-0.2, -0.15) is 5.10 Å².